The number of hydrogen-bond donors (Lipinski definition) is 1. The molecule has 1 atom stereocenters. The second-order valence-electron chi connectivity index (χ2n) is 5.30. The van der Waals surface area contributed by atoms with Crippen molar-refractivity contribution in [2.45, 2.75) is 13.0 Å². The second-order valence-corrected chi connectivity index (χ2v) is 7.34. The maximum absolute atomic E-state index is 12.2. The van der Waals surface area contributed by atoms with Crippen LogP contribution >= 0.6 is 0 Å². The average Bonchev–Trinajstić information content (AvgIpc) is 2.54. The van der Waals surface area contributed by atoms with E-state index in [-0.39, 0.29) is 30.9 Å². The molecule has 1 aromatic rings. The van der Waals surface area contributed by atoms with E-state index in [0.717, 1.165) is 0 Å². The summed E-state index contributed by atoms with van der Waals surface area (Å²) in [5.41, 5.74) is 0. The lowest BCUT2D eigenvalue weighted by molar-refractivity contribution is -0.122. The van der Waals surface area contributed by atoms with Crippen molar-refractivity contribution in [2.24, 2.45) is 0 Å². The lowest BCUT2D eigenvalue weighted by atomic mass is 10.3. The second kappa shape index (κ2) is 8.28. The number of carbonyl (C=O) groups is 1. The molecule has 1 N–H and O–H groups in total. The maximum Gasteiger partial charge on any atom is 0.257 e. The molecule has 1 amide bonds. The number of rotatable bonds is 7. The zero-order valence-corrected chi connectivity index (χ0v) is 13.9. The molecule has 1 aliphatic rings. The first-order valence-corrected chi connectivity index (χ1v) is 9.12. The van der Waals surface area contributed by atoms with Crippen molar-refractivity contribution in [3.05, 3.63) is 30.3 Å². The van der Waals surface area contributed by atoms with Crippen molar-refractivity contribution in [1.82, 2.24) is 9.62 Å². The highest BCUT2D eigenvalue weighted by molar-refractivity contribution is 7.89. The number of hydrogen-bond acceptors (Lipinski definition) is 5. The molecular formula is C15H22N2O5S. The van der Waals surface area contributed by atoms with Gasteiger partial charge in [-0.05, 0) is 19.1 Å². The first-order valence-electron chi connectivity index (χ1n) is 7.51. The molecule has 8 heteroatoms. The molecule has 128 valence electrons. The van der Waals surface area contributed by atoms with Gasteiger partial charge in [-0.15, -0.1) is 0 Å². The largest absolute Gasteiger partial charge is 0.484 e. The highest BCUT2D eigenvalue weighted by Gasteiger charge is 2.29. The predicted octanol–water partition coefficient (Wildman–Crippen LogP) is 0.232. The van der Waals surface area contributed by atoms with Gasteiger partial charge in [0.25, 0.3) is 5.91 Å². The fourth-order valence-electron chi connectivity index (χ4n) is 2.28. The minimum Gasteiger partial charge on any atom is -0.484 e. The number of sulfonamides is 1. The number of para-hydroxylation sites is 1. The van der Waals surface area contributed by atoms with Gasteiger partial charge in [-0.1, -0.05) is 18.2 Å². The summed E-state index contributed by atoms with van der Waals surface area (Å²) in [6.45, 7) is 2.89. The van der Waals surface area contributed by atoms with Crippen LogP contribution in [0.5, 0.6) is 5.75 Å². The number of nitrogens with zero attached hydrogens (tertiary/aromatic N) is 1. The van der Waals surface area contributed by atoms with Crippen LogP contribution in [0.25, 0.3) is 0 Å². The van der Waals surface area contributed by atoms with Crippen LogP contribution in [-0.4, -0.2) is 63.3 Å². The van der Waals surface area contributed by atoms with Crippen molar-refractivity contribution >= 4 is 15.9 Å². The summed E-state index contributed by atoms with van der Waals surface area (Å²) in [5, 5.41) is 2.56. The van der Waals surface area contributed by atoms with Crippen LogP contribution < -0.4 is 10.1 Å². The quantitative estimate of drug-likeness (QED) is 0.767. The van der Waals surface area contributed by atoms with E-state index < -0.39 is 10.0 Å². The third kappa shape index (κ3) is 5.49. The number of benzene rings is 1. The Morgan fingerprint density at radius 1 is 1.39 bits per heavy atom. The molecule has 23 heavy (non-hydrogen) atoms. The Hall–Kier alpha value is -1.64. The van der Waals surface area contributed by atoms with Gasteiger partial charge >= 0.3 is 0 Å². The Kier molecular flexibility index (Phi) is 6.37. The molecular weight excluding hydrogens is 320 g/mol. The van der Waals surface area contributed by atoms with Crippen LogP contribution in [0.15, 0.2) is 30.3 Å². The third-order valence-corrected chi connectivity index (χ3v) is 5.44. The van der Waals surface area contributed by atoms with Crippen molar-refractivity contribution in [1.29, 1.82) is 0 Å². The molecule has 0 bridgehead atoms. The van der Waals surface area contributed by atoms with Gasteiger partial charge in [-0.2, -0.15) is 4.31 Å². The first-order chi connectivity index (χ1) is 11.0. The van der Waals surface area contributed by atoms with Crippen LogP contribution in [0.3, 0.4) is 0 Å². The minimum absolute atomic E-state index is 0.0589. The summed E-state index contributed by atoms with van der Waals surface area (Å²) >= 11 is 0. The number of ether oxygens (including phenoxy) is 2. The standard InChI is InChI=1S/C15H22N2O5S/c1-13-11-21-9-8-17(13)23(19,20)10-7-16-15(18)12-22-14-5-3-2-4-6-14/h2-6,13H,7-12H2,1H3,(H,16,18). The monoisotopic (exact) mass is 342 g/mol. The Bertz CT molecular complexity index is 606. The van der Waals surface area contributed by atoms with Gasteiger partial charge in [0, 0.05) is 19.1 Å². The minimum atomic E-state index is -3.40. The van der Waals surface area contributed by atoms with Crippen LogP contribution in [0.1, 0.15) is 6.92 Å². The fourth-order valence-corrected chi connectivity index (χ4v) is 3.83. The normalized spacial score (nSPS) is 19.3. The summed E-state index contributed by atoms with van der Waals surface area (Å²) in [6, 6.07) is 8.79. The number of morpholine rings is 1. The van der Waals surface area contributed by atoms with Gasteiger partial charge < -0.3 is 14.8 Å². The number of nitrogens with one attached hydrogen (secondary N) is 1. The highest BCUT2D eigenvalue weighted by atomic mass is 32.2. The van der Waals surface area contributed by atoms with Gasteiger partial charge in [0.1, 0.15) is 5.75 Å². The van der Waals surface area contributed by atoms with Crippen molar-refractivity contribution in [3.63, 3.8) is 0 Å². The molecule has 0 aromatic heterocycles. The van der Waals surface area contributed by atoms with Gasteiger partial charge in [-0.25, -0.2) is 8.42 Å². The number of amides is 1. The zero-order valence-electron chi connectivity index (χ0n) is 13.1. The highest BCUT2D eigenvalue weighted by Crippen LogP contribution is 2.12. The summed E-state index contributed by atoms with van der Waals surface area (Å²) in [6.07, 6.45) is 0. The van der Waals surface area contributed by atoms with E-state index in [1.165, 1.54) is 4.31 Å². The van der Waals surface area contributed by atoms with Gasteiger partial charge in [0.15, 0.2) is 6.61 Å². The van der Waals surface area contributed by atoms with E-state index in [9.17, 15) is 13.2 Å². The molecule has 0 spiro atoms. The number of carbonyl (C=O) groups excluding carboxylic acids is 1. The van der Waals surface area contributed by atoms with E-state index in [0.29, 0.717) is 25.5 Å². The summed E-state index contributed by atoms with van der Waals surface area (Å²) < 4.78 is 36.4. The Morgan fingerprint density at radius 2 is 2.13 bits per heavy atom. The van der Waals surface area contributed by atoms with Crippen LogP contribution in [-0.2, 0) is 19.6 Å². The van der Waals surface area contributed by atoms with E-state index in [4.69, 9.17) is 9.47 Å². The van der Waals surface area contributed by atoms with E-state index in [1.54, 1.807) is 12.1 Å². The maximum atomic E-state index is 12.2. The molecule has 0 radical (unpaired) electrons. The van der Waals surface area contributed by atoms with Gasteiger partial charge in [-0.3, -0.25) is 4.79 Å². The molecule has 1 fully saturated rings. The van der Waals surface area contributed by atoms with E-state index >= 15 is 0 Å². The fraction of sp³-hybridized carbons (Fsp3) is 0.533. The first kappa shape index (κ1) is 17.7. The molecule has 1 aromatic carbocycles. The summed E-state index contributed by atoms with van der Waals surface area (Å²) in [4.78, 5) is 11.7. The molecule has 7 nitrogen and oxygen atoms in total. The molecule has 2 rings (SSSR count). The summed E-state index contributed by atoms with van der Waals surface area (Å²) in [5.74, 6) is 0.116. The van der Waals surface area contributed by atoms with Crippen molar-refractivity contribution in [2.75, 3.05) is 38.7 Å². The van der Waals surface area contributed by atoms with Gasteiger partial charge in [0.2, 0.25) is 10.0 Å². The average molecular weight is 342 g/mol. The molecule has 1 heterocycles. The Morgan fingerprint density at radius 3 is 2.83 bits per heavy atom. The lowest BCUT2D eigenvalue weighted by Gasteiger charge is -2.32. The van der Waals surface area contributed by atoms with E-state index in [1.807, 2.05) is 25.1 Å². The molecule has 0 aliphatic carbocycles. The van der Waals surface area contributed by atoms with Crippen LogP contribution in [0.4, 0.5) is 0 Å². The van der Waals surface area contributed by atoms with Gasteiger partial charge in [0.05, 0.1) is 19.0 Å². The van der Waals surface area contributed by atoms with Crippen LogP contribution in [0.2, 0.25) is 0 Å². The van der Waals surface area contributed by atoms with E-state index in [2.05, 4.69) is 5.32 Å². The van der Waals surface area contributed by atoms with Crippen molar-refractivity contribution in [3.8, 4) is 5.75 Å². The molecule has 0 saturated carbocycles. The van der Waals surface area contributed by atoms with Crippen LogP contribution in [0, 0.1) is 0 Å². The zero-order chi connectivity index (χ0) is 16.7. The molecule has 1 unspecified atom stereocenters. The third-order valence-electron chi connectivity index (χ3n) is 3.46. The lowest BCUT2D eigenvalue weighted by Crippen LogP contribution is -2.49. The SMILES string of the molecule is CC1COCCN1S(=O)(=O)CCNC(=O)COc1ccccc1. The Labute approximate surface area is 136 Å². The predicted molar refractivity (Wildman–Crippen MR) is 85.7 cm³/mol. The molecule has 1 aliphatic heterocycles. The van der Waals surface area contributed by atoms with Crippen molar-refractivity contribution < 1.29 is 22.7 Å². The topological polar surface area (TPSA) is 84.9 Å². The smallest absolute Gasteiger partial charge is 0.257 e. The Balaban J connectivity index is 1.72. The molecule has 1 saturated heterocycles. The summed E-state index contributed by atoms with van der Waals surface area (Å²) in [7, 11) is -3.40.